The zero-order chi connectivity index (χ0) is 16.4. The molecule has 0 aromatic heterocycles. The maximum Gasteiger partial charge on any atom is 0.138 e. The van der Waals surface area contributed by atoms with Crippen LogP contribution in [0.4, 0.5) is 0 Å². The molecule has 0 saturated heterocycles. The molecule has 1 aliphatic rings. The van der Waals surface area contributed by atoms with Gasteiger partial charge in [-0.25, -0.2) is 0 Å². The van der Waals surface area contributed by atoms with E-state index in [0.717, 1.165) is 15.8 Å². The van der Waals surface area contributed by atoms with Crippen LogP contribution in [0.3, 0.4) is 0 Å². The summed E-state index contributed by atoms with van der Waals surface area (Å²) in [4.78, 5) is 0. The van der Waals surface area contributed by atoms with Crippen LogP contribution in [0, 0.1) is 5.41 Å². The quantitative estimate of drug-likeness (QED) is 0.544. The summed E-state index contributed by atoms with van der Waals surface area (Å²) in [6.07, 6.45) is 3.71. The van der Waals surface area contributed by atoms with E-state index in [2.05, 4.69) is 48.0 Å². The van der Waals surface area contributed by atoms with Crippen LogP contribution in [0.15, 0.2) is 46.9 Å². The van der Waals surface area contributed by atoms with Crippen molar-refractivity contribution in [3.63, 3.8) is 0 Å². The second-order valence-corrected chi connectivity index (χ2v) is 8.44. The second kappa shape index (κ2) is 6.86. The van der Waals surface area contributed by atoms with Gasteiger partial charge in [-0.05, 0) is 53.9 Å². The van der Waals surface area contributed by atoms with Crippen molar-refractivity contribution >= 4 is 27.5 Å². The van der Waals surface area contributed by atoms with Crippen molar-refractivity contribution in [3.8, 4) is 5.75 Å². The van der Waals surface area contributed by atoms with Crippen LogP contribution in [0.2, 0.25) is 5.02 Å². The van der Waals surface area contributed by atoms with Crippen LogP contribution < -0.4 is 4.74 Å². The molecule has 0 spiro atoms. The molecule has 0 aliphatic heterocycles. The Hall–Kier alpha value is -0.990. The minimum absolute atomic E-state index is 0.425. The van der Waals surface area contributed by atoms with Crippen LogP contribution in [0.5, 0.6) is 5.75 Å². The number of rotatable bonds is 4. The topological polar surface area (TPSA) is 9.23 Å². The van der Waals surface area contributed by atoms with Crippen molar-refractivity contribution in [2.24, 2.45) is 5.41 Å². The van der Waals surface area contributed by atoms with E-state index in [1.165, 1.54) is 24.8 Å². The van der Waals surface area contributed by atoms with Gasteiger partial charge >= 0.3 is 0 Å². The first-order valence-corrected chi connectivity index (χ1v) is 9.27. The molecule has 23 heavy (non-hydrogen) atoms. The molecule has 122 valence electrons. The molecule has 1 fully saturated rings. The van der Waals surface area contributed by atoms with Gasteiger partial charge in [-0.2, -0.15) is 0 Å². The van der Waals surface area contributed by atoms with Gasteiger partial charge in [0.1, 0.15) is 12.4 Å². The first kappa shape index (κ1) is 16.9. The highest BCUT2D eigenvalue weighted by Crippen LogP contribution is 2.49. The average Bonchev–Trinajstić information content (AvgIpc) is 2.87. The zero-order valence-corrected chi connectivity index (χ0v) is 16.0. The minimum Gasteiger partial charge on any atom is -0.487 e. The second-order valence-electron chi connectivity index (χ2n) is 7.18. The van der Waals surface area contributed by atoms with E-state index < -0.39 is 0 Å². The summed E-state index contributed by atoms with van der Waals surface area (Å²) >= 11 is 10.1. The van der Waals surface area contributed by atoms with Crippen LogP contribution >= 0.6 is 27.5 Å². The molecule has 0 N–H and O–H groups in total. The van der Waals surface area contributed by atoms with Gasteiger partial charge in [0.2, 0.25) is 0 Å². The van der Waals surface area contributed by atoms with Gasteiger partial charge in [-0.3, -0.25) is 0 Å². The molecule has 1 aliphatic carbocycles. The first-order chi connectivity index (χ1) is 10.9. The summed E-state index contributed by atoms with van der Waals surface area (Å²) in [6, 6.07) is 14.3. The molecule has 0 radical (unpaired) electrons. The summed E-state index contributed by atoms with van der Waals surface area (Å²) in [5.41, 5.74) is 2.90. The van der Waals surface area contributed by atoms with E-state index in [-0.39, 0.29) is 0 Å². The summed E-state index contributed by atoms with van der Waals surface area (Å²) in [5.74, 6) is 1.36. The number of hydrogen-bond acceptors (Lipinski definition) is 1. The van der Waals surface area contributed by atoms with Crippen LogP contribution in [0.25, 0.3) is 0 Å². The molecular weight excluding hydrogens is 372 g/mol. The largest absolute Gasteiger partial charge is 0.487 e. The monoisotopic (exact) mass is 392 g/mol. The SMILES string of the molecule is CC1(C)CCC(c2cc(OCc3ccccc3)c(Cl)cc2Br)C1. The van der Waals surface area contributed by atoms with Gasteiger partial charge < -0.3 is 4.74 Å². The summed E-state index contributed by atoms with van der Waals surface area (Å²) in [6.45, 7) is 5.24. The highest BCUT2D eigenvalue weighted by Gasteiger charge is 2.33. The average molecular weight is 394 g/mol. The van der Waals surface area contributed by atoms with E-state index >= 15 is 0 Å². The van der Waals surface area contributed by atoms with E-state index in [1.807, 2.05) is 24.3 Å². The number of halogens is 2. The lowest BCUT2D eigenvalue weighted by Crippen LogP contribution is -2.05. The van der Waals surface area contributed by atoms with Gasteiger partial charge in [0, 0.05) is 4.47 Å². The lowest BCUT2D eigenvalue weighted by atomic mass is 9.88. The van der Waals surface area contributed by atoms with Crippen molar-refractivity contribution in [3.05, 3.63) is 63.1 Å². The Labute approximate surface area is 152 Å². The molecule has 2 aromatic carbocycles. The molecule has 1 unspecified atom stereocenters. The molecular formula is C20H22BrClO. The zero-order valence-electron chi connectivity index (χ0n) is 13.6. The fourth-order valence-electron chi connectivity index (χ4n) is 3.41. The molecule has 3 rings (SSSR count). The summed E-state index contributed by atoms with van der Waals surface area (Å²) < 4.78 is 7.07. The number of benzene rings is 2. The Kier molecular flexibility index (Phi) is 5.03. The van der Waals surface area contributed by atoms with E-state index in [1.54, 1.807) is 0 Å². The Morgan fingerprint density at radius 2 is 1.96 bits per heavy atom. The van der Waals surface area contributed by atoms with Crippen molar-refractivity contribution < 1.29 is 4.74 Å². The van der Waals surface area contributed by atoms with Crippen LogP contribution in [-0.4, -0.2) is 0 Å². The van der Waals surface area contributed by atoms with Gasteiger partial charge in [-0.1, -0.05) is 71.7 Å². The molecule has 1 saturated carbocycles. The molecule has 2 aromatic rings. The van der Waals surface area contributed by atoms with Crippen molar-refractivity contribution in [1.29, 1.82) is 0 Å². The maximum atomic E-state index is 6.38. The number of hydrogen-bond donors (Lipinski definition) is 0. The fraction of sp³-hybridized carbons (Fsp3) is 0.400. The van der Waals surface area contributed by atoms with E-state index in [9.17, 15) is 0 Å². The van der Waals surface area contributed by atoms with Crippen molar-refractivity contribution in [1.82, 2.24) is 0 Å². The van der Waals surface area contributed by atoms with Gasteiger partial charge in [0.15, 0.2) is 0 Å². The molecule has 0 heterocycles. The van der Waals surface area contributed by atoms with Crippen LogP contribution in [-0.2, 0) is 6.61 Å². The molecule has 0 bridgehead atoms. The summed E-state index contributed by atoms with van der Waals surface area (Å²) in [5, 5.41) is 0.661. The highest BCUT2D eigenvalue weighted by atomic mass is 79.9. The Morgan fingerprint density at radius 1 is 1.22 bits per heavy atom. The van der Waals surface area contributed by atoms with Crippen molar-refractivity contribution in [2.75, 3.05) is 0 Å². The number of ether oxygens (including phenoxy) is 1. The lowest BCUT2D eigenvalue weighted by molar-refractivity contribution is 0.305. The molecule has 0 amide bonds. The molecule has 1 atom stereocenters. The van der Waals surface area contributed by atoms with Crippen molar-refractivity contribution in [2.45, 2.75) is 45.6 Å². The fourth-order valence-corrected chi connectivity index (χ4v) is 4.42. The predicted molar refractivity (Wildman–Crippen MR) is 100 cm³/mol. The van der Waals surface area contributed by atoms with Gasteiger partial charge in [0.25, 0.3) is 0 Å². The third-order valence-corrected chi connectivity index (χ3v) is 5.68. The van der Waals surface area contributed by atoms with Crippen LogP contribution in [0.1, 0.15) is 50.2 Å². The Balaban J connectivity index is 1.80. The normalized spacial score (nSPS) is 19.7. The standard InChI is InChI=1S/C20H22BrClO/c1-20(2)9-8-15(12-20)16-10-19(18(22)11-17(16)21)23-13-14-6-4-3-5-7-14/h3-7,10-11,15H,8-9,12-13H2,1-2H3. The predicted octanol–water partition coefficient (Wildman–Crippen LogP) is 6.98. The Bertz CT molecular complexity index is 682. The van der Waals surface area contributed by atoms with Gasteiger partial charge in [-0.15, -0.1) is 0 Å². The van der Waals surface area contributed by atoms with E-state index in [0.29, 0.717) is 23.0 Å². The third kappa shape index (κ3) is 4.10. The van der Waals surface area contributed by atoms with Gasteiger partial charge in [0.05, 0.1) is 5.02 Å². The third-order valence-electron chi connectivity index (χ3n) is 4.70. The highest BCUT2D eigenvalue weighted by molar-refractivity contribution is 9.10. The first-order valence-electron chi connectivity index (χ1n) is 8.10. The smallest absolute Gasteiger partial charge is 0.138 e. The summed E-state index contributed by atoms with van der Waals surface area (Å²) in [7, 11) is 0. The lowest BCUT2D eigenvalue weighted by Gasteiger charge is -2.19. The maximum absolute atomic E-state index is 6.38. The molecule has 3 heteroatoms. The van der Waals surface area contributed by atoms with E-state index in [4.69, 9.17) is 16.3 Å². The minimum atomic E-state index is 0.425. The Morgan fingerprint density at radius 3 is 2.61 bits per heavy atom. The molecule has 1 nitrogen and oxygen atoms in total.